The molecule has 3 rings (SSSR count). The molecule has 5 nitrogen and oxygen atoms in total. The lowest BCUT2D eigenvalue weighted by molar-refractivity contribution is 0.252. The van der Waals surface area contributed by atoms with Crippen molar-refractivity contribution in [3.8, 4) is 11.1 Å². The standard InChI is InChI=1S/C17H15N3OS.CH4O/c21-17(19-12-16-2-1-11-22-16)20-15-5-3-13(4-6-15)14-7-9-18-10-8-14;1-2/h1-11H,12H2,(H2,19,20,21);2H,1H3. The Morgan fingerprint density at radius 1 is 1.04 bits per heavy atom. The van der Waals surface area contributed by atoms with Gasteiger partial charge in [-0.25, -0.2) is 4.79 Å². The Kier molecular flexibility index (Phi) is 6.94. The van der Waals surface area contributed by atoms with Gasteiger partial charge >= 0.3 is 6.03 Å². The maximum atomic E-state index is 11.8. The Balaban J connectivity index is 0.00000100. The molecule has 0 aliphatic carbocycles. The first-order valence-electron chi connectivity index (χ1n) is 7.34. The normalized spacial score (nSPS) is 9.58. The van der Waals surface area contributed by atoms with Gasteiger partial charge in [0.25, 0.3) is 0 Å². The highest BCUT2D eigenvalue weighted by Crippen LogP contribution is 2.20. The van der Waals surface area contributed by atoms with Crippen molar-refractivity contribution in [3.63, 3.8) is 0 Å². The van der Waals surface area contributed by atoms with Crippen LogP contribution in [0.15, 0.2) is 66.3 Å². The van der Waals surface area contributed by atoms with Gasteiger partial charge in [-0.05, 0) is 46.8 Å². The summed E-state index contributed by atoms with van der Waals surface area (Å²) in [5.74, 6) is 0. The predicted octanol–water partition coefficient (Wildman–Crippen LogP) is 3.74. The first-order chi connectivity index (χ1) is 11.8. The third kappa shape index (κ3) is 5.19. The van der Waals surface area contributed by atoms with Crippen LogP contribution in [0.5, 0.6) is 0 Å². The number of aromatic nitrogens is 1. The van der Waals surface area contributed by atoms with Crippen LogP contribution < -0.4 is 10.6 Å². The van der Waals surface area contributed by atoms with Crippen LogP contribution in [0.25, 0.3) is 11.1 Å². The fraction of sp³-hybridized carbons (Fsp3) is 0.111. The van der Waals surface area contributed by atoms with Crippen LogP contribution in [0.4, 0.5) is 10.5 Å². The van der Waals surface area contributed by atoms with E-state index in [4.69, 9.17) is 5.11 Å². The Morgan fingerprint density at radius 3 is 2.33 bits per heavy atom. The molecule has 1 aromatic carbocycles. The average molecular weight is 341 g/mol. The molecule has 0 saturated carbocycles. The summed E-state index contributed by atoms with van der Waals surface area (Å²) < 4.78 is 0. The molecule has 2 amide bonds. The van der Waals surface area contributed by atoms with E-state index in [1.807, 2.05) is 53.9 Å². The van der Waals surface area contributed by atoms with Gasteiger partial charge in [-0.2, -0.15) is 0 Å². The van der Waals surface area contributed by atoms with Gasteiger partial charge in [-0.1, -0.05) is 18.2 Å². The number of pyridine rings is 1. The first-order valence-corrected chi connectivity index (χ1v) is 8.22. The molecule has 124 valence electrons. The van der Waals surface area contributed by atoms with Gasteiger partial charge in [-0.3, -0.25) is 4.98 Å². The minimum absolute atomic E-state index is 0.204. The second-order valence-corrected chi connectivity index (χ2v) is 5.73. The van der Waals surface area contributed by atoms with Gasteiger partial charge in [0, 0.05) is 30.1 Å². The molecule has 2 heterocycles. The zero-order valence-electron chi connectivity index (χ0n) is 13.3. The van der Waals surface area contributed by atoms with E-state index in [0.29, 0.717) is 6.54 Å². The lowest BCUT2D eigenvalue weighted by atomic mass is 10.1. The van der Waals surface area contributed by atoms with E-state index in [1.165, 1.54) is 0 Å². The topological polar surface area (TPSA) is 74.2 Å². The number of urea groups is 1. The number of benzene rings is 1. The molecule has 0 unspecified atom stereocenters. The second kappa shape index (κ2) is 9.44. The van der Waals surface area contributed by atoms with Gasteiger partial charge in [-0.15, -0.1) is 11.3 Å². The van der Waals surface area contributed by atoms with Gasteiger partial charge in [0.2, 0.25) is 0 Å². The molecule has 6 heteroatoms. The van der Waals surface area contributed by atoms with Gasteiger partial charge < -0.3 is 15.7 Å². The summed E-state index contributed by atoms with van der Waals surface area (Å²) >= 11 is 1.62. The molecule has 0 atom stereocenters. The van der Waals surface area contributed by atoms with E-state index < -0.39 is 0 Å². The maximum absolute atomic E-state index is 11.8. The SMILES string of the molecule is CO.O=C(NCc1cccs1)Nc1ccc(-c2ccncc2)cc1. The van der Waals surface area contributed by atoms with E-state index in [2.05, 4.69) is 15.6 Å². The summed E-state index contributed by atoms with van der Waals surface area (Å²) in [7, 11) is 1.00. The number of anilines is 1. The monoisotopic (exact) mass is 341 g/mol. The summed E-state index contributed by atoms with van der Waals surface area (Å²) in [6, 6.07) is 15.4. The first kappa shape index (κ1) is 17.7. The van der Waals surface area contributed by atoms with Crippen molar-refractivity contribution in [3.05, 3.63) is 71.2 Å². The van der Waals surface area contributed by atoms with E-state index in [9.17, 15) is 4.79 Å². The summed E-state index contributed by atoms with van der Waals surface area (Å²) in [6.45, 7) is 0.540. The second-order valence-electron chi connectivity index (χ2n) is 4.70. The molecule has 2 aromatic heterocycles. The smallest absolute Gasteiger partial charge is 0.319 e. The number of aliphatic hydroxyl groups excluding tert-OH is 1. The Morgan fingerprint density at radius 2 is 1.71 bits per heavy atom. The number of nitrogens with one attached hydrogen (secondary N) is 2. The lowest BCUT2D eigenvalue weighted by Gasteiger charge is -2.08. The van der Waals surface area contributed by atoms with Crippen LogP contribution in [0, 0.1) is 0 Å². The van der Waals surface area contributed by atoms with Crippen LogP contribution >= 0.6 is 11.3 Å². The number of nitrogens with zero attached hydrogens (tertiary/aromatic N) is 1. The summed E-state index contributed by atoms with van der Waals surface area (Å²) in [4.78, 5) is 17.0. The fourth-order valence-corrected chi connectivity index (χ4v) is 2.69. The third-order valence-electron chi connectivity index (χ3n) is 3.16. The molecule has 24 heavy (non-hydrogen) atoms. The third-order valence-corrected chi connectivity index (χ3v) is 4.04. The molecular weight excluding hydrogens is 322 g/mol. The van der Waals surface area contributed by atoms with Crippen LogP contribution in [0.1, 0.15) is 4.88 Å². The Hall–Kier alpha value is -2.70. The van der Waals surface area contributed by atoms with Crippen LogP contribution in [-0.4, -0.2) is 23.2 Å². The van der Waals surface area contributed by atoms with Crippen LogP contribution in [0.3, 0.4) is 0 Å². The van der Waals surface area contributed by atoms with E-state index in [-0.39, 0.29) is 6.03 Å². The van der Waals surface area contributed by atoms with Crippen molar-refractivity contribution in [1.82, 2.24) is 10.3 Å². The zero-order chi connectivity index (χ0) is 17.2. The molecule has 0 spiro atoms. The van der Waals surface area contributed by atoms with Crippen LogP contribution in [-0.2, 0) is 6.54 Å². The average Bonchev–Trinajstić information content (AvgIpc) is 3.17. The summed E-state index contributed by atoms with van der Waals surface area (Å²) in [5, 5.41) is 14.7. The number of hydrogen-bond acceptors (Lipinski definition) is 4. The number of carbonyl (C=O) groups excluding carboxylic acids is 1. The maximum Gasteiger partial charge on any atom is 0.319 e. The zero-order valence-corrected chi connectivity index (χ0v) is 14.1. The molecule has 3 N–H and O–H groups in total. The number of carbonyl (C=O) groups is 1. The molecular formula is C18H19N3O2S. The number of hydrogen-bond donors (Lipinski definition) is 3. The highest BCUT2D eigenvalue weighted by molar-refractivity contribution is 7.09. The van der Waals surface area contributed by atoms with E-state index >= 15 is 0 Å². The molecule has 0 aliphatic rings. The van der Waals surface area contributed by atoms with Crippen molar-refractivity contribution in [1.29, 1.82) is 0 Å². The minimum Gasteiger partial charge on any atom is -0.400 e. The number of amides is 2. The van der Waals surface area contributed by atoms with Gasteiger partial charge in [0.05, 0.1) is 6.54 Å². The van der Waals surface area contributed by atoms with Gasteiger partial charge in [0.15, 0.2) is 0 Å². The Bertz CT molecular complexity index is 729. The number of aliphatic hydroxyl groups is 1. The molecule has 0 aliphatic heterocycles. The van der Waals surface area contributed by atoms with Crippen molar-refractivity contribution >= 4 is 23.1 Å². The highest BCUT2D eigenvalue weighted by atomic mass is 32.1. The molecule has 3 aromatic rings. The fourth-order valence-electron chi connectivity index (χ4n) is 2.05. The van der Waals surface area contributed by atoms with Gasteiger partial charge in [0.1, 0.15) is 0 Å². The minimum atomic E-state index is -0.204. The molecule has 0 saturated heterocycles. The number of rotatable bonds is 4. The summed E-state index contributed by atoms with van der Waals surface area (Å²) in [6.07, 6.45) is 3.53. The van der Waals surface area contributed by atoms with Crippen molar-refractivity contribution in [2.24, 2.45) is 0 Å². The molecule has 0 fully saturated rings. The van der Waals surface area contributed by atoms with Crippen LogP contribution in [0.2, 0.25) is 0 Å². The summed E-state index contributed by atoms with van der Waals surface area (Å²) in [5.41, 5.74) is 2.96. The Labute approximate surface area is 145 Å². The quantitative estimate of drug-likeness (QED) is 0.677. The van der Waals surface area contributed by atoms with E-state index in [1.54, 1.807) is 23.7 Å². The van der Waals surface area contributed by atoms with Crippen molar-refractivity contribution in [2.75, 3.05) is 12.4 Å². The molecule has 0 bridgehead atoms. The lowest BCUT2D eigenvalue weighted by Crippen LogP contribution is -2.27. The largest absolute Gasteiger partial charge is 0.400 e. The van der Waals surface area contributed by atoms with Crippen molar-refractivity contribution in [2.45, 2.75) is 6.54 Å². The number of thiophene rings is 1. The highest BCUT2D eigenvalue weighted by Gasteiger charge is 2.03. The molecule has 0 radical (unpaired) electrons. The predicted molar refractivity (Wildman–Crippen MR) is 98.0 cm³/mol. The van der Waals surface area contributed by atoms with E-state index in [0.717, 1.165) is 28.8 Å². The van der Waals surface area contributed by atoms with Crippen molar-refractivity contribution < 1.29 is 9.90 Å².